The molecule has 8 aromatic rings. The minimum Gasteiger partial charge on any atom is -0.509 e. The smallest absolute Gasteiger partial charge is 0.135 e. The van der Waals surface area contributed by atoms with Gasteiger partial charge in [-0.05, 0) is 127 Å². The molecule has 7 heteroatoms. The van der Waals surface area contributed by atoms with Crippen LogP contribution in [0.15, 0.2) is 116 Å². The van der Waals surface area contributed by atoms with Crippen LogP contribution in [-0.4, -0.2) is 14.5 Å². The van der Waals surface area contributed by atoms with Gasteiger partial charge in [-0.25, -0.2) is 9.97 Å². The Bertz CT molecular complexity index is 2790. The van der Waals surface area contributed by atoms with Gasteiger partial charge in [0.1, 0.15) is 11.6 Å². The van der Waals surface area contributed by atoms with E-state index in [1.807, 2.05) is 42.7 Å². The number of aryl methyl sites for hydroxylation is 5. The molecule has 57 heavy (non-hydrogen) atoms. The van der Waals surface area contributed by atoms with Crippen LogP contribution in [-0.2, 0) is 26.5 Å². The van der Waals surface area contributed by atoms with Crippen LogP contribution >= 0.6 is 0 Å². The van der Waals surface area contributed by atoms with Gasteiger partial charge < -0.3 is 19.1 Å². The number of pyridine rings is 2. The Balaban J connectivity index is 0.00000455. The summed E-state index contributed by atoms with van der Waals surface area (Å²) in [6.45, 7) is 19.7. The topological polar surface area (TPSA) is 46.4 Å². The van der Waals surface area contributed by atoms with Gasteiger partial charge in [0, 0.05) is 56.2 Å². The zero-order valence-electron chi connectivity index (χ0n) is 33.5. The number of benzene rings is 5. The molecule has 0 spiro atoms. The van der Waals surface area contributed by atoms with E-state index in [-0.39, 0.29) is 26.5 Å². The fraction of sp³-hybridized carbons (Fsp3) is 0.180. The van der Waals surface area contributed by atoms with E-state index in [1.54, 1.807) is 0 Å². The number of para-hydroxylation sites is 1. The van der Waals surface area contributed by atoms with E-state index in [0.717, 1.165) is 50.5 Å². The van der Waals surface area contributed by atoms with Crippen LogP contribution in [0.4, 0.5) is 22.9 Å². The predicted octanol–water partition coefficient (Wildman–Crippen LogP) is 12.9. The standard InChI is InChI=1S/C50H44N5O.Pt/c1-31-23-32(2)47(33(3)24-31)36-25-34(4)48(35(5)26-36)54-30-53(44-17-12-21-52-49(44)54)38-13-11-14-39(28-38)56-40-18-19-42-41-15-9-10-16-43(41)55(45(42)29-40)46-27-37(20-22-51-46)50(6,7)8;/h9-27,30H,1-8H3;/q-3;. The number of hydrogen-bond acceptors (Lipinski definition) is 5. The Morgan fingerprint density at radius 3 is 2.14 bits per heavy atom. The predicted molar refractivity (Wildman–Crippen MR) is 230 cm³/mol. The van der Waals surface area contributed by atoms with Gasteiger partial charge in [0.05, 0.1) is 5.69 Å². The summed E-state index contributed by atoms with van der Waals surface area (Å²) in [5, 5.41) is 2.23. The quantitative estimate of drug-likeness (QED) is 0.156. The first-order valence-corrected chi connectivity index (χ1v) is 19.1. The maximum atomic E-state index is 6.56. The molecule has 0 saturated heterocycles. The molecule has 0 amide bonds. The molecule has 0 unspecified atom stereocenters. The molecule has 1 aliphatic rings. The molecule has 3 aromatic heterocycles. The summed E-state index contributed by atoms with van der Waals surface area (Å²) in [6.07, 6.45) is 3.75. The molecular weight excluding hydrogens is 882 g/mol. The van der Waals surface area contributed by atoms with Gasteiger partial charge in [-0.3, -0.25) is 0 Å². The second-order valence-electron chi connectivity index (χ2n) is 16.0. The summed E-state index contributed by atoms with van der Waals surface area (Å²) in [7, 11) is 0. The van der Waals surface area contributed by atoms with Crippen LogP contribution < -0.4 is 14.5 Å². The number of aromatic nitrogens is 3. The SMILES string of the molecule is Cc1cc(C)c(-c2cc(C)c(N3[CH-]N(c4[c-]c(Oc5[c-]c6c(cc5)c5ccccc5n6-c5cc(C(C)(C)C)ccn5)ccc4)c4cccnc43)c(C)c2)c(C)c1.[Pt]. The van der Waals surface area contributed by atoms with Gasteiger partial charge in [-0.15, -0.1) is 48.1 Å². The van der Waals surface area contributed by atoms with Crippen molar-refractivity contribution in [2.75, 3.05) is 9.80 Å². The largest absolute Gasteiger partial charge is 0.509 e. The molecule has 6 nitrogen and oxygen atoms in total. The van der Waals surface area contributed by atoms with Gasteiger partial charge in [-0.2, -0.15) is 12.1 Å². The Kier molecular flexibility index (Phi) is 9.82. The van der Waals surface area contributed by atoms with Crippen molar-refractivity contribution >= 4 is 44.7 Å². The number of nitrogens with zero attached hydrogens (tertiary/aromatic N) is 5. The molecule has 0 radical (unpaired) electrons. The monoisotopic (exact) mass is 925 g/mol. The zero-order chi connectivity index (χ0) is 38.9. The first-order chi connectivity index (χ1) is 26.9. The number of anilines is 4. The van der Waals surface area contributed by atoms with E-state index < -0.39 is 0 Å². The Labute approximate surface area is 350 Å². The number of ether oxygens (including phenoxy) is 1. The third kappa shape index (κ3) is 6.80. The van der Waals surface area contributed by atoms with Gasteiger partial charge in [0.25, 0.3) is 0 Å². The van der Waals surface area contributed by atoms with E-state index >= 15 is 0 Å². The number of fused-ring (bicyclic) bond motifs is 4. The second-order valence-corrected chi connectivity index (χ2v) is 16.0. The van der Waals surface area contributed by atoms with Crippen molar-refractivity contribution < 1.29 is 25.8 Å². The first kappa shape index (κ1) is 38.2. The molecule has 0 atom stereocenters. The summed E-state index contributed by atoms with van der Waals surface area (Å²) < 4.78 is 8.74. The van der Waals surface area contributed by atoms with Crippen LogP contribution in [0, 0.1) is 53.4 Å². The molecule has 0 bridgehead atoms. The minimum absolute atomic E-state index is 0. The van der Waals surface area contributed by atoms with Crippen LogP contribution in [0.25, 0.3) is 38.8 Å². The molecular formula is C50H44N5OPt-3. The van der Waals surface area contributed by atoms with Crippen molar-refractivity contribution in [3.05, 3.63) is 168 Å². The molecule has 0 saturated carbocycles. The van der Waals surface area contributed by atoms with Crippen molar-refractivity contribution in [2.24, 2.45) is 0 Å². The third-order valence-corrected chi connectivity index (χ3v) is 10.8. The van der Waals surface area contributed by atoms with Crippen molar-refractivity contribution in [1.82, 2.24) is 14.5 Å². The van der Waals surface area contributed by atoms with Gasteiger partial charge in [-0.1, -0.05) is 62.2 Å². The zero-order valence-corrected chi connectivity index (χ0v) is 35.8. The van der Waals surface area contributed by atoms with Gasteiger partial charge in [0.2, 0.25) is 0 Å². The summed E-state index contributed by atoms with van der Waals surface area (Å²) in [5.74, 6) is 2.91. The van der Waals surface area contributed by atoms with E-state index in [2.05, 4.69) is 161 Å². The minimum atomic E-state index is -0.0158. The molecule has 4 heterocycles. The number of rotatable bonds is 6. The van der Waals surface area contributed by atoms with Crippen LogP contribution in [0.5, 0.6) is 11.5 Å². The fourth-order valence-electron chi connectivity index (χ4n) is 8.40. The summed E-state index contributed by atoms with van der Waals surface area (Å²) in [6, 6.07) is 43.1. The molecule has 0 fully saturated rings. The number of hydrogen-bond donors (Lipinski definition) is 0. The molecule has 5 aromatic carbocycles. The van der Waals surface area contributed by atoms with E-state index in [4.69, 9.17) is 14.7 Å². The Morgan fingerprint density at radius 2 is 1.39 bits per heavy atom. The Hall–Kier alpha value is -5.71. The van der Waals surface area contributed by atoms with Crippen LogP contribution in [0.1, 0.15) is 54.2 Å². The maximum Gasteiger partial charge on any atom is 0.135 e. The normalized spacial score (nSPS) is 12.6. The van der Waals surface area contributed by atoms with Gasteiger partial charge >= 0.3 is 0 Å². The Morgan fingerprint density at radius 1 is 0.649 bits per heavy atom. The summed E-state index contributed by atoms with van der Waals surface area (Å²) in [4.78, 5) is 14.0. The molecule has 9 rings (SSSR count). The summed E-state index contributed by atoms with van der Waals surface area (Å²) in [5.41, 5.74) is 14.9. The van der Waals surface area contributed by atoms with Crippen molar-refractivity contribution in [2.45, 2.75) is 60.8 Å². The molecule has 1 aliphatic heterocycles. The van der Waals surface area contributed by atoms with E-state index in [9.17, 15) is 0 Å². The van der Waals surface area contributed by atoms with Crippen molar-refractivity contribution in [1.29, 1.82) is 0 Å². The molecule has 0 aliphatic carbocycles. The maximum absolute atomic E-state index is 6.56. The van der Waals surface area contributed by atoms with Crippen molar-refractivity contribution in [3.8, 4) is 28.4 Å². The average molecular weight is 926 g/mol. The van der Waals surface area contributed by atoms with Crippen LogP contribution in [0.3, 0.4) is 0 Å². The summed E-state index contributed by atoms with van der Waals surface area (Å²) >= 11 is 0. The average Bonchev–Trinajstić information content (AvgIpc) is 3.70. The fourth-order valence-corrected chi connectivity index (χ4v) is 8.40. The second kappa shape index (κ2) is 14.7. The van der Waals surface area contributed by atoms with E-state index in [0.29, 0.717) is 11.5 Å². The van der Waals surface area contributed by atoms with E-state index in [1.165, 1.54) is 44.5 Å². The first-order valence-electron chi connectivity index (χ1n) is 19.1. The van der Waals surface area contributed by atoms with Crippen LogP contribution in [0.2, 0.25) is 0 Å². The molecule has 0 N–H and O–H groups in total. The van der Waals surface area contributed by atoms with Crippen molar-refractivity contribution in [3.63, 3.8) is 0 Å². The molecule has 288 valence electrons. The third-order valence-electron chi connectivity index (χ3n) is 10.8. The van der Waals surface area contributed by atoms with Gasteiger partial charge in [0.15, 0.2) is 0 Å².